The molecule has 2 N–H and O–H groups in total. The van der Waals surface area contributed by atoms with Crippen LogP contribution in [0, 0.1) is 0 Å². The van der Waals surface area contributed by atoms with Gasteiger partial charge in [0.1, 0.15) is 11.8 Å². The number of methoxy groups -OCH3 is 1. The number of anilines is 1. The van der Waals surface area contributed by atoms with Crippen LogP contribution in [-0.2, 0) is 4.74 Å². The quantitative estimate of drug-likeness (QED) is 0.742. The van der Waals surface area contributed by atoms with Crippen molar-refractivity contribution >= 4 is 16.9 Å². The number of hydrogen-bond acceptors (Lipinski definition) is 5. The van der Waals surface area contributed by atoms with Crippen molar-refractivity contribution < 1.29 is 4.74 Å². The zero-order valence-electron chi connectivity index (χ0n) is 11.1. The first-order valence-corrected chi connectivity index (χ1v) is 6.33. The summed E-state index contributed by atoms with van der Waals surface area (Å²) in [5.74, 6) is 0.743. The highest BCUT2D eigenvalue weighted by Gasteiger charge is 2.15. The van der Waals surface area contributed by atoms with Crippen LogP contribution in [0.15, 0.2) is 43.0 Å². The first-order valence-electron chi connectivity index (χ1n) is 6.33. The second-order valence-electron chi connectivity index (χ2n) is 4.37. The van der Waals surface area contributed by atoms with E-state index in [0.717, 1.165) is 22.5 Å². The summed E-state index contributed by atoms with van der Waals surface area (Å²) in [6.07, 6.45) is 5.15. The van der Waals surface area contributed by atoms with Gasteiger partial charge in [-0.15, -0.1) is 0 Å². The largest absolute Gasteiger partial charge is 0.382 e. The molecule has 20 heavy (non-hydrogen) atoms. The lowest BCUT2D eigenvalue weighted by Gasteiger charge is -2.18. The predicted molar refractivity (Wildman–Crippen MR) is 76.4 cm³/mol. The van der Waals surface area contributed by atoms with Crippen LogP contribution in [0.3, 0.4) is 0 Å². The Balaban J connectivity index is 1.92. The minimum Gasteiger partial charge on any atom is -0.382 e. The lowest BCUT2D eigenvalue weighted by Crippen LogP contribution is -2.18. The molecule has 0 aromatic carbocycles. The maximum atomic E-state index is 5.27. The SMILES string of the molecule is COCC(Nc1ncnc2cc[nH]c12)c1ccccn1. The number of ether oxygens (including phenoxy) is 1. The molecule has 6 nitrogen and oxygen atoms in total. The Morgan fingerprint density at radius 3 is 3.00 bits per heavy atom. The van der Waals surface area contributed by atoms with Crippen LogP contribution in [0.25, 0.3) is 11.0 Å². The molecule has 3 rings (SSSR count). The van der Waals surface area contributed by atoms with Crippen molar-refractivity contribution in [2.75, 3.05) is 19.0 Å². The van der Waals surface area contributed by atoms with Crippen LogP contribution in [0.2, 0.25) is 0 Å². The van der Waals surface area contributed by atoms with Gasteiger partial charge in [0, 0.05) is 19.5 Å². The van der Waals surface area contributed by atoms with Crippen LogP contribution >= 0.6 is 0 Å². The summed E-state index contributed by atoms with van der Waals surface area (Å²) in [4.78, 5) is 16.0. The summed E-state index contributed by atoms with van der Waals surface area (Å²) >= 11 is 0. The maximum Gasteiger partial charge on any atom is 0.154 e. The van der Waals surface area contributed by atoms with E-state index < -0.39 is 0 Å². The molecule has 0 spiro atoms. The lowest BCUT2D eigenvalue weighted by atomic mass is 10.2. The molecule has 0 aliphatic rings. The number of nitrogens with zero attached hydrogens (tertiary/aromatic N) is 3. The van der Waals surface area contributed by atoms with E-state index in [1.54, 1.807) is 19.6 Å². The average Bonchev–Trinajstić information content (AvgIpc) is 2.97. The van der Waals surface area contributed by atoms with Crippen LogP contribution in [0.1, 0.15) is 11.7 Å². The molecule has 0 radical (unpaired) electrons. The summed E-state index contributed by atoms with van der Waals surface area (Å²) in [6.45, 7) is 0.503. The van der Waals surface area contributed by atoms with Crippen molar-refractivity contribution in [3.05, 3.63) is 48.7 Å². The number of pyridine rings is 1. The molecule has 0 saturated heterocycles. The Kier molecular flexibility index (Phi) is 3.56. The maximum absolute atomic E-state index is 5.27. The predicted octanol–water partition coefficient (Wildman–Crippen LogP) is 2.15. The van der Waals surface area contributed by atoms with Gasteiger partial charge < -0.3 is 15.0 Å². The van der Waals surface area contributed by atoms with E-state index in [9.17, 15) is 0 Å². The Morgan fingerprint density at radius 2 is 2.20 bits per heavy atom. The van der Waals surface area contributed by atoms with Crippen LogP contribution in [-0.4, -0.2) is 33.7 Å². The number of rotatable bonds is 5. The molecule has 1 unspecified atom stereocenters. The molecule has 3 aromatic rings. The molecule has 0 bridgehead atoms. The summed E-state index contributed by atoms with van der Waals surface area (Å²) < 4.78 is 5.27. The Bertz CT molecular complexity index is 682. The van der Waals surface area contributed by atoms with Crippen molar-refractivity contribution in [1.29, 1.82) is 0 Å². The summed E-state index contributed by atoms with van der Waals surface area (Å²) in [7, 11) is 1.67. The van der Waals surface area contributed by atoms with Crippen molar-refractivity contribution in [3.8, 4) is 0 Å². The third kappa shape index (κ3) is 2.46. The van der Waals surface area contributed by atoms with Gasteiger partial charge in [0.05, 0.1) is 23.9 Å². The molecular formula is C14H15N5O. The fraction of sp³-hybridized carbons (Fsp3) is 0.214. The zero-order valence-corrected chi connectivity index (χ0v) is 11.1. The molecule has 3 heterocycles. The first-order chi connectivity index (χ1) is 9.88. The second-order valence-corrected chi connectivity index (χ2v) is 4.37. The Morgan fingerprint density at radius 1 is 1.25 bits per heavy atom. The standard InChI is InChI=1S/C14H15N5O/c1-20-8-12(10-4-2-3-6-15-10)19-14-13-11(5-7-16-13)17-9-18-14/h2-7,9,12,16H,8H2,1H3,(H,17,18,19). The number of H-pyrrole nitrogens is 1. The topological polar surface area (TPSA) is 75.7 Å². The summed E-state index contributed by atoms with van der Waals surface area (Å²) in [6, 6.07) is 7.65. The molecule has 0 fully saturated rings. The Hall–Kier alpha value is -2.47. The molecule has 0 aliphatic heterocycles. The van der Waals surface area contributed by atoms with Gasteiger partial charge in [-0.2, -0.15) is 0 Å². The molecule has 0 aliphatic carbocycles. The van der Waals surface area contributed by atoms with Gasteiger partial charge in [0.25, 0.3) is 0 Å². The molecular weight excluding hydrogens is 254 g/mol. The molecule has 102 valence electrons. The Labute approximate surface area is 116 Å². The third-order valence-corrected chi connectivity index (χ3v) is 3.03. The highest BCUT2D eigenvalue weighted by Crippen LogP contribution is 2.22. The van der Waals surface area contributed by atoms with E-state index in [2.05, 4.69) is 25.3 Å². The van der Waals surface area contributed by atoms with E-state index >= 15 is 0 Å². The molecule has 0 saturated carbocycles. The van der Waals surface area contributed by atoms with Crippen molar-refractivity contribution in [2.45, 2.75) is 6.04 Å². The van der Waals surface area contributed by atoms with Crippen molar-refractivity contribution in [1.82, 2.24) is 19.9 Å². The van der Waals surface area contributed by atoms with Crippen LogP contribution in [0.4, 0.5) is 5.82 Å². The fourth-order valence-corrected chi connectivity index (χ4v) is 2.10. The van der Waals surface area contributed by atoms with Gasteiger partial charge in [0.2, 0.25) is 0 Å². The lowest BCUT2D eigenvalue weighted by molar-refractivity contribution is 0.185. The van der Waals surface area contributed by atoms with Gasteiger partial charge in [-0.05, 0) is 18.2 Å². The number of aromatic nitrogens is 4. The smallest absolute Gasteiger partial charge is 0.154 e. The molecule has 3 aromatic heterocycles. The van der Waals surface area contributed by atoms with E-state index in [4.69, 9.17) is 4.74 Å². The van der Waals surface area contributed by atoms with Gasteiger partial charge in [-0.3, -0.25) is 4.98 Å². The van der Waals surface area contributed by atoms with Gasteiger partial charge >= 0.3 is 0 Å². The number of aromatic amines is 1. The van der Waals surface area contributed by atoms with Crippen LogP contribution < -0.4 is 5.32 Å². The third-order valence-electron chi connectivity index (χ3n) is 3.03. The number of nitrogens with one attached hydrogen (secondary N) is 2. The number of hydrogen-bond donors (Lipinski definition) is 2. The van der Waals surface area contributed by atoms with E-state index in [-0.39, 0.29) is 6.04 Å². The minimum atomic E-state index is -0.0670. The second kappa shape index (κ2) is 5.66. The molecule has 0 amide bonds. The summed E-state index contributed by atoms with van der Waals surface area (Å²) in [5.41, 5.74) is 2.66. The monoisotopic (exact) mass is 269 g/mol. The minimum absolute atomic E-state index is 0.0670. The van der Waals surface area contributed by atoms with Crippen molar-refractivity contribution in [3.63, 3.8) is 0 Å². The van der Waals surface area contributed by atoms with E-state index in [1.165, 1.54) is 0 Å². The van der Waals surface area contributed by atoms with E-state index in [1.807, 2.05) is 30.5 Å². The van der Waals surface area contributed by atoms with Gasteiger partial charge in [-0.25, -0.2) is 9.97 Å². The summed E-state index contributed by atoms with van der Waals surface area (Å²) in [5, 5.41) is 3.36. The zero-order chi connectivity index (χ0) is 13.8. The normalized spacial score (nSPS) is 12.4. The van der Waals surface area contributed by atoms with Gasteiger partial charge in [0.15, 0.2) is 5.82 Å². The number of fused-ring (bicyclic) bond motifs is 1. The van der Waals surface area contributed by atoms with E-state index in [0.29, 0.717) is 6.61 Å². The van der Waals surface area contributed by atoms with Crippen LogP contribution in [0.5, 0.6) is 0 Å². The molecule has 1 atom stereocenters. The first kappa shape index (κ1) is 12.6. The molecule has 6 heteroatoms. The average molecular weight is 269 g/mol. The van der Waals surface area contributed by atoms with Crippen molar-refractivity contribution in [2.24, 2.45) is 0 Å². The highest BCUT2D eigenvalue weighted by molar-refractivity contribution is 5.85. The fourth-order valence-electron chi connectivity index (χ4n) is 2.10. The highest BCUT2D eigenvalue weighted by atomic mass is 16.5. The van der Waals surface area contributed by atoms with Gasteiger partial charge in [-0.1, -0.05) is 6.07 Å².